The van der Waals surface area contributed by atoms with E-state index in [2.05, 4.69) is 50.5 Å². The first-order valence-electron chi connectivity index (χ1n) is 19.2. The van der Waals surface area contributed by atoms with E-state index in [-0.39, 0.29) is 0 Å². The number of fused-ring (bicyclic) bond motifs is 3. The fourth-order valence-electron chi connectivity index (χ4n) is 11.5. The molecule has 0 spiro atoms. The second kappa shape index (κ2) is 14.3. The Hall–Kier alpha value is -0.240. The molecule has 6 heteroatoms. The van der Waals surface area contributed by atoms with Gasteiger partial charge in [-0.25, -0.2) is 0 Å². The molecule has 0 amide bonds. The third-order valence-electron chi connectivity index (χ3n) is 14.3. The molecule has 6 nitrogen and oxygen atoms in total. The van der Waals surface area contributed by atoms with Crippen LogP contribution in [0.3, 0.4) is 0 Å². The Kier molecular flexibility index (Phi) is 10.4. The molecule has 6 aliphatic heterocycles. The Morgan fingerprint density at radius 2 is 0.977 bits per heavy atom. The van der Waals surface area contributed by atoms with Crippen molar-refractivity contribution in [2.24, 2.45) is 47.3 Å². The van der Waals surface area contributed by atoms with E-state index in [0.29, 0.717) is 0 Å². The Balaban J connectivity index is 0.992. The van der Waals surface area contributed by atoms with E-state index < -0.39 is 0 Å². The second-order valence-corrected chi connectivity index (χ2v) is 17.2. The van der Waals surface area contributed by atoms with Crippen molar-refractivity contribution in [2.45, 2.75) is 76.7 Å². The Bertz CT molecular complexity index is 853. The van der Waals surface area contributed by atoms with Crippen LogP contribution in [0.5, 0.6) is 0 Å². The van der Waals surface area contributed by atoms with Gasteiger partial charge in [0.05, 0.1) is 0 Å². The fourth-order valence-corrected chi connectivity index (χ4v) is 11.5. The molecule has 0 N–H and O–H groups in total. The van der Waals surface area contributed by atoms with Crippen LogP contribution in [0.4, 0.5) is 0 Å². The molecule has 6 heterocycles. The van der Waals surface area contributed by atoms with Gasteiger partial charge in [0.15, 0.2) is 0 Å². The maximum atomic E-state index is 3.05. The van der Waals surface area contributed by atoms with Gasteiger partial charge in [0.2, 0.25) is 0 Å². The molecule has 0 aromatic heterocycles. The van der Waals surface area contributed by atoms with Crippen LogP contribution in [0.15, 0.2) is 0 Å². The third kappa shape index (κ3) is 7.67. The smallest absolute Gasteiger partial charge is 0.0101 e. The summed E-state index contributed by atoms with van der Waals surface area (Å²) in [5.41, 5.74) is 0. The molecular formula is C37H68N6. The minimum Gasteiger partial charge on any atom is -0.306 e. The molecule has 7 aliphatic rings. The van der Waals surface area contributed by atoms with E-state index in [1.807, 2.05) is 0 Å². The average molecular weight is 597 g/mol. The third-order valence-corrected chi connectivity index (χ3v) is 14.3. The monoisotopic (exact) mass is 597 g/mol. The minimum absolute atomic E-state index is 0.874. The molecule has 1 saturated carbocycles. The maximum Gasteiger partial charge on any atom is 0.0101 e. The molecule has 0 bridgehead atoms. The van der Waals surface area contributed by atoms with Gasteiger partial charge in [-0.2, -0.15) is 0 Å². The zero-order chi connectivity index (χ0) is 29.3. The van der Waals surface area contributed by atoms with E-state index >= 15 is 0 Å². The molecule has 43 heavy (non-hydrogen) atoms. The summed E-state index contributed by atoms with van der Waals surface area (Å²) in [6, 6.07) is 0.874. The van der Waals surface area contributed by atoms with E-state index in [4.69, 9.17) is 0 Å². The summed E-state index contributed by atoms with van der Waals surface area (Å²) in [4.78, 5) is 16.6. The molecule has 7 fully saturated rings. The predicted octanol–water partition coefficient (Wildman–Crippen LogP) is 4.37. The van der Waals surface area contributed by atoms with Crippen molar-refractivity contribution < 1.29 is 0 Å². The SMILES string of the molecule is CN1CCC(CN2CCC3C[C@@H](N4CCC(C5CCN(C)CC5)CC4)C[C@@H]4CCN(CCC5CN(C)C5)CC4C3C2)CC1. The number of hydrogen-bond acceptors (Lipinski definition) is 6. The summed E-state index contributed by atoms with van der Waals surface area (Å²) in [6.07, 6.45) is 16.2. The van der Waals surface area contributed by atoms with Crippen LogP contribution in [0.2, 0.25) is 0 Å². The molecule has 0 aromatic carbocycles. The highest BCUT2D eigenvalue weighted by Gasteiger charge is 2.46. The van der Waals surface area contributed by atoms with Crippen molar-refractivity contribution in [2.75, 3.05) is 113 Å². The molecule has 7 rings (SSSR count). The fraction of sp³-hybridized carbons (Fsp3) is 1.00. The van der Waals surface area contributed by atoms with Crippen LogP contribution in [-0.2, 0) is 0 Å². The second-order valence-electron chi connectivity index (χ2n) is 17.2. The van der Waals surface area contributed by atoms with Gasteiger partial charge >= 0.3 is 0 Å². The van der Waals surface area contributed by atoms with Gasteiger partial charge in [-0.1, -0.05) is 0 Å². The number of rotatable bonds is 7. The lowest BCUT2D eigenvalue weighted by atomic mass is 9.70. The van der Waals surface area contributed by atoms with Crippen molar-refractivity contribution in [3.63, 3.8) is 0 Å². The minimum atomic E-state index is 0.874. The van der Waals surface area contributed by atoms with Gasteiger partial charge in [0.1, 0.15) is 0 Å². The van der Waals surface area contributed by atoms with Crippen molar-refractivity contribution in [1.29, 1.82) is 0 Å². The van der Waals surface area contributed by atoms with Crippen LogP contribution in [-0.4, -0.2) is 148 Å². The topological polar surface area (TPSA) is 19.4 Å². The molecule has 1 aliphatic carbocycles. The standard InChI is InChI=1S/C37H68N6/c1-38-13-4-29(5-14-38)26-42-19-10-34-23-35(43-20-11-32(12-21-43)31-7-15-39(2)16-8-31)22-33-9-18-41(27-36(33)37(34)28-42)17-6-30-24-40(3)25-30/h29-37H,4-28H2,1-3H3/t33-,34?,35-,36?,37?/m0/s1. The first kappa shape index (κ1) is 31.4. The largest absolute Gasteiger partial charge is 0.306 e. The van der Waals surface area contributed by atoms with Crippen molar-refractivity contribution in [1.82, 2.24) is 29.4 Å². The number of piperidine rings is 5. The first-order chi connectivity index (χ1) is 21.0. The van der Waals surface area contributed by atoms with Crippen molar-refractivity contribution in [3.05, 3.63) is 0 Å². The van der Waals surface area contributed by atoms with Crippen LogP contribution in [0, 0.1) is 47.3 Å². The zero-order valence-corrected chi connectivity index (χ0v) is 28.6. The Morgan fingerprint density at radius 1 is 0.465 bits per heavy atom. The lowest BCUT2D eigenvalue weighted by molar-refractivity contribution is 0.00675. The Morgan fingerprint density at radius 3 is 1.58 bits per heavy atom. The zero-order valence-electron chi connectivity index (χ0n) is 28.6. The number of hydrogen-bond donors (Lipinski definition) is 0. The number of nitrogens with zero attached hydrogens (tertiary/aromatic N) is 6. The summed E-state index contributed by atoms with van der Waals surface area (Å²) < 4.78 is 0. The molecule has 246 valence electrons. The van der Waals surface area contributed by atoms with Crippen molar-refractivity contribution >= 4 is 0 Å². The summed E-state index contributed by atoms with van der Waals surface area (Å²) >= 11 is 0. The summed E-state index contributed by atoms with van der Waals surface area (Å²) in [5, 5.41) is 0. The highest BCUT2D eigenvalue weighted by atomic mass is 15.2. The highest BCUT2D eigenvalue weighted by Crippen LogP contribution is 2.47. The molecule has 5 atom stereocenters. The first-order valence-corrected chi connectivity index (χ1v) is 19.2. The van der Waals surface area contributed by atoms with Crippen molar-refractivity contribution in [3.8, 4) is 0 Å². The van der Waals surface area contributed by atoms with Gasteiger partial charge in [0.25, 0.3) is 0 Å². The predicted molar refractivity (Wildman–Crippen MR) is 179 cm³/mol. The van der Waals surface area contributed by atoms with Gasteiger partial charge < -0.3 is 29.4 Å². The van der Waals surface area contributed by atoms with Crippen LogP contribution < -0.4 is 0 Å². The van der Waals surface area contributed by atoms with E-state index in [1.165, 1.54) is 162 Å². The molecular weight excluding hydrogens is 528 g/mol. The molecule has 6 saturated heterocycles. The van der Waals surface area contributed by atoms with Crippen LogP contribution >= 0.6 is 0 Å². The van der Waals surface area contributed by atoms with Crippen LogP contribution in [0.1, 0.15) is 70.6 Å². The van der Waals surface area contributed by atoms with Crippen LogP contribution in [0.25, 0.3) is 0 Å². The van der Waals surface area contributed by atoms with Gasteiger partial charge in [-0.05, 0) is 198 Å². The lowest BCUT2D eigenvalue weighted by Gasteiger charge is -2.48. The number of likely N-dealkylation sites (tertiary alicyclic amines) is 6. The van der Waals surface area contributed by atoms with E-state index in [9.17, 15) is 0 Å². The molecule has 0 aromatic rings. The summed E-state index contributed by atoms with van der Waals surface area (Å²) in [7, 11) is 6.93. The quantitative estimate of drug-likeness (QED) is 0.432. The van der Waals surface area contributed by atoms with Gasteiger partial charge in [-0.3, -0.25) is 0 Å². The molecule has 0 radical (unpaired) electrons. The highest BCUT2D eigenvalue weighted by molar-refractivity contribution is 4.99. The Labute approximate surface area is 265 Å². The van der Waals surface area contributed by atoms with Gasteiger partial charge in [-0.15, -0.1) is 0 Å². The molecule has 3 unspecified atom stereocenters. The normalized spacial score (nSPS) is 38.4. The summed E-state index contributed by atoms with van der Waals surface area (Å²) in [5.74, 6) is 7.77. The maximum absolute atomic E-state index is 3.05. The lowest BCUT2D eigenvalue weighted by Crippen LogP contribution is -2.52. The summed E-state index contributed by atoms with van der Waals surface area (Å²) in [6.45, 7) is 19.2. The average Bonchev–Trinajstić information content (AvgIpc) is 3.17. The van der Waals surface area contributed by atoms with Gasteiger partial charge in [0, 0.05) is 38.8 Å². The van der Waals surface area contributed by atoms with E-state index in [1.54, 1.807) is 0 Å². The van der Waals surface area contributed by atoms with E-state index in [0.717, 1.165) is 53.4 Å².